The molecule has 0 amide bonds. The number of aromatic nitrogens is 1. The molecule has 1 N–H and O–H groups in total. The second-order valence-electron chi connectivity index (χ2n) is 5.04. The number of para-hydroxylation sites is 1. The Morgan fingerprint density at radius 3 is 2.94 bits per heavy atom. The number of hydrogen-bond acceptors (Lipinski definition) is 4. The molecule has 0 saturated heterocycles. The number of hydrogen-bond donors (Lipinski definition) is 1. The average Bonchev–Trinajstić information content (AvgIpc) is 2.80. The molecule has 2 aromatic rings. The largest absolute Gasteiger partial charge is 0.255 e. The Bertz CT molecular complexity index is 490. The van der Waals surface area contributed by atoms with Gasteiger partial charge in [0.25, 0.3) is 0 Å². The number of fused-ring (bicyclic) bond motifs is 1. The molecule has 1 aliphatic rings. The minimum absolute atomic E-state index is 0.649. The number of nitrogens with zero attached hydrogens (tertiary/aromatic N) is 1. The lowest BCUT2D eigenvalue weighted by atomic mass is 9.87. The van der Waals surface area contributed by atoms with E-state index in [-0.39, 0.29) is 0 Å². The maximum atomic E-state index is 4.64. The highest BCUT2D eigenvalue weighted by molar-refractivity contribution is 7.99. The molecular weight excluding hydrogens is 260 g/mol. The summed E-state index contributed by atoms with van der Waals surface area (Å²) in [6.45, 7) is 2.36. The lowest BCUT2D eigenvalue weighted by molar-refractivity contribution is 0.316. The van der Waals surface area contributed by atoms with E-state index in [2.05, 4.69) is 34.8 Å². The van der Waals surface area contributed by atoms with Gasteiger partial charge in [-0.15, -0.1) is 11.3 Å². The SMILES string of the molecule is CC1CCCCC1NSc1nc2ccccc2s1. The van der Waals surface area contributed by atoms with Crippen molar-refractivity contribution in [1.29, 1.82) is 0 Å². The van der Waals surface area contributed by atoms with Crippen LogP contribution in [0.4, 0.5) is 0 Å². The first-order chi connectivity index (χ1) is 8.83. The monoisotopic (exact) mass is 278 g/mol. The van der Waals surface area contributed by atoms with Gasteiger partial charge in [0, 0.05) is 6.04 Å². The summed E-state index contributed by atoms with van der Waals surface area (Å²) in [6, 6.07) is 8.99. The van der Waals surface area contributed by atoms with Gasteiger partial charge in [-0.2, -0.15) is 0 Å². The maximum absolute atomic E-state index is 4.64. The van der Waals surface area contributed by atoms with Crippen molar-refractivity contribution >= 4 is 33.5 Å². The van der Waals surface area contributed by atoms with Crippen LogP contribution in [0.15, 0.2) is 28.6 Å². The van der Waals surface area contributed by atoms with Gasteiger partial charge in [0.15, 0.2) is 4.34 Å². The summed E-state index contributed by atoms with van der Waals surface area (Å²) >= 11 is 3.49. The third-order valence-corrected chi connectivity index (χ3v) is 5.70. The van der Waals surface area contributed by atoms with E-state index >= 15 is 0 Å². The molecule has 0 bridgehead atoms. The summed E-state index contributed by atoms with van der Waals surface area (Å²) in [4.78, 5) is 4.64. The van der Waals surface area contributed by atoms with Crippen LogP contribution in [-0.4, -0.2) is 11.0 Å². The molecule has 1 heterocycles. The standard InChI is InChI=1S/C14H18N2S2/c1-10-6-2-3-7-11(10)16-18-14-15-12-8-4-5-9-13(12)17-14/h4-5,8-11,16H,2-3,6-7H2,1H3. The van der Waals surface area contributed by atoms with E-state index in [4.69, 9.17) is 0 Å². The van der Waals surface area contributed by atoms with Gasteiger partial charge in [-0.1, -0.05) is 31.9 Å². The van der Waals surface area contributed by atoms with E-state index in [9.17, 15) is 0 Å². The third kappa shape index (κ3) is 2.71. The first kappa shape index (κ1) is 12.5. The highest BCUT2D eigenvalue weighted by atomic mass is 32.2. The van der Waals surface area contributed by atoms with Crippen molar-refractivity contribution in [2.24, 2.45) is 5.92 Å². The molecule has 2 unspecified atom stereocenters. The van der Waals surface area contributed by atoms with Gasteiger partial charge in [-0.25, -0.2) is 4.98 Å². The Morgan fingerprint density at radius 2 is 2.11 bits per heavy atom. The molecule has 0 radical (unpaired) electrons. The topological polar surface area (TPSA) is 24.9 Å². The molecule has 1 fully saturated rings. The van der Waals surface area contributed by atoms with E-state index in [1.54, 1.807) is 23.3 Å². The summed E-state index contributed by atoms with van der Waals surface area (Å²) in [5, 5.41) is 0. The summed E-state index contributed by atoms with van der Waals surface area (Å²) in [5.74, 6) is 0.792. The van der Waals surface area contributed by atoms with Gasteiger partial charge in [-0.3, -0.25) is 4.72 Å². The molecule has 3 rings (SSSR count). The van der Waals surface area contributed by atoms with Gasteiger partial charge < -0.3 is 0 Å². The van der Waals surface area contributed by atoms with Crippen LogP contribution in [-0.2, 0) is 0 Å². The molecule has 1 aliphatic carbocycles. The molecule has 18 heavy (non-hydrogen) atoms. The van der Waals surface area contributed by atoms with Crippen molar-refractivity contribution < 1.29 is 0 Å². The van der Waals surface area contributed by atoms with E-state index in [1.807, 2.05) is 6.07 Å². The Hall–Kier alpha value is -0.580. The molecule has 2 atom stereocenters. The molecule has 0 spiro atoms. The Balaban J connectivity index is 1.65. The van der Waals surface area contributed by atoms with Crippen LogP contribution in [0.1, 0.15) is 32.6 Å². The zero-order chi connectivity index (χ0) is 12.4. The predicted molar refractivity (Wildman–Crippen MR) is 80.0 cm³/mol. The molecule has 1 saturated carbocycles. The second-order valence-corrected chi connectivity index (χ2v) is 7.15. The van der Waals surface area contributed by atoms with Gasteiger partial charge >= 0.3 is 0 Å². The van der Waals surface area contributed by atoms with Crippen LogP contribution in [0, 0.1) is 5.92 Å². The van der Waals surface area contributed by atoms with Crippen molar-refractivity contribution in [1.82, 2.24) is 9.71 Å². The zero-order valence-electron chi connectivity index (χ0n) is 10.6. The van der Waals surface area contributed by atoms with E-state index in [0.717, 1.165) is 15.8 Å². The molecule has 0 aliphatic heterocycles. The highest BCUT2D eigenvalue weighted by Crippen LogP contribution is 2.31. The van der Waals surface area contributed by atoms with Crippen molar-refractivity contribution in [3.8, 4) is 0 Å². The Morgan fingerprint density at radius 1 is 1.28 bits per heavy atom. The van der Waals surface area contributed by atoms with E-state index < -0.39 is 0 Å². The van der Waals surface area contributed by atoms with Crippen molar-refractivity contribution in [2.75, 3.05) is 0 Å². The number of thiazole rings is 1. The van der Waals surface area contributed by atoms with Crippen LogP contribution in [0.25, 0.3) is 10.2 Å². The summed E-state index contributed by atoms with van der Waals surface area (Å²) < 4.78 is 6.02. The number of nitrogens with one attached hydrogen (secondary N) is 1. The molecule has 1 aromatic carbocycles. The quantitative estimate of drug-likeness (QED) is 0.838. The molecule has 96 valence electrons. The zero-order valence-corrected chi connectivity index (χ0v) is 12.2. The fourth-order valence-electron chi connectivity index (χ4n) is 2.51. The lowest BCUT2D eigenvalue weighted by Crippen LogP contribution is -2.32. The normalized spacial score (nSPS) is 24.5. The molecule has 2 nitrogen and oxygen atoms in total. The van der Waals surface area contributed by atoms with Crippen molar-refractivity contribution in [3.05, 3.63) is 24.3 Å². The Labute approximate surface area is 116 Å². The molecular formula is C14H18N2S2. The molecule has 1 aromatic heterocycles. The first-order valence-electron chi connectivity index (χ1n) is 6.61. The van der Waals surface area contributed by atoms with Crippen LogP contribution in [0.5, 0.6) is 0 Å². The van der Waals surface area contributed by atoms with Gasteiger partial charge in [-0.05, 0) is 42.8 Å². The summed E-state index contributed by atoms with van der Waals surface area (Å²) in [6.07, 6.45) is 5.42. The smallest absolute Gasteiger partial charge is 0.166 e. The van der Waals surface area contributed by atoms with Crippen molar-refractivity contribution in [2.45, 2.75) is 43.0 Å². The fourth-order valence-corrected chi connectivity index (χ4v) is 4.54. The van der Waals surface area contributed by atoms with E-state index in [0.29, 0.717) is 6.04 Å². The Kier molecular flexibility index (Phi) is 3.87. The minimum atomic E-state index is 0.649. The predicted octanol–water partition coefficient (Wildman–Crippen LogP) is 4.47. The average molecular weight is 278 g/mol. The fraction of sp³-hybridized carbons (Fsp3) is 0.500. The highest BCUT2D eigenvalue weighted by Gasteiger charge is 2.21. The summed E-state index contributed by atoms with van der Waals surface area (Å²) in [5.41, 5.74) is 1.11. The van der Waals surface area contributed by atoms with Crippen molar-refractivity contribution in [3.63, 3.8) is 0 Å². The maximum Gasteiger partial charge on any atom is 0.166 e. The van der Waals surface area contributed by atoms with Gasteiger partial charge in [0.1, 0.15) is 0 Å². The van der Waals surface area contributed by atoms with Crippen LogP contribution < -0.4 is 4.72 Å². The number of benzene rings is 1. The second kappa shape index (κ2) is 5.59. The lowest BCUT2D eigenvalue weighted by Gasteiger charge is -2.28. The number of rotatable bonds is 3. The van der Waals surface area contributed by atoms with Gasteiger partial charge in [0.2, 0.25) is 0 Å². The van der Waals surface area contributed by atoms with Crippen LogP contribution >= 0.6 is 23.3 Å². The van der Waals surface area contributed by atoms with Crippen LogP contribution in [0.3, 0.4) is 0 Å². The minimum Gasteiger partial charge on any atom is -0.255 e. The first-order valence-corrected chi connectivity index (χ1v) is 8.24. The summed E-state index contributed by atoms with van der Waals surface area (Å²) in [7, 11) is 0. The van der Waals surface area contributed by atoms with Gasteiger partial charge in [0.05, 0.1) is 10.2 Å². The molecule has 4 heteroatoms. The van der Waals surface area contributed by atoms with E-state index in [1.165, 1.54) is 30.4 Å². The van der Waals surface area contributed by atoms with Crippen LogP contribution in [0.2, 0.25) is 0 Å². The third-order valence-electron chi connectivity index (χ3n) is 3.68.